The van der Waals surface area contributed by atoms with Crippen molar-refractivity contribution in [2.75, 3.05) is 0 Å². The topological polar surface area (TPSA) is 13.1 Å². The molecular weight excluding hydrogens is 191 g/mol. The van der Waals surface area contributed by atoms with Gasteiger partial charge in [-0.1, -0.05) is 0 Å². The molecule has 0 aliphatic rings. The standard InChI is InChI=1S/C4H2IO/c5-4-1-2-6-3-4/h1,3H. The number of hydrogen-bond donors (Lipinski definition) is 0. The summed E-state index contributed by atoms with van der Waals surface area (Å²) >= 11 is 2.15. The Balaban J connectivity index is 3.05. The molecule has 0 aromatic carbocycles. The van der Waals surface area contributed by atoms with Gasteiger partial charge in [-0.25, -0.2) is 0 Å². The van der Waals surface area contributed by atoms with Gasteiger partial charge in [0.15, 0.2) is 6.26 Å². The highest BCUT2D eigenvalue weighted by Crippen LogP contribution is 2.00. The molecule has 6 heavy (non-hydrogen) atoms. The van der Waals surface area contributed by atoms with Crippen LogP contribution in [0, 0.1) is 9.83 Å². The number of halogens is 1. The molecule has 1 heterocycles. The molecule has 0 saturated heterocycles. The molecule has 31 valence electrons. The van der Waals surface area contributed by atoms with Gasteiger partial charge in [-0.15, -0.1) is 0 Å². The maximum absolute atomic E-state index is 4.58. The minimum Gasteiger partial charge on any atom is -0.460 e. The molecule has 1 nitrogen and oxygen atoms in total. The van der Waals surface area contributed by atoms with Crippen LogP contribution in [-0.2, 0) is 0 Å². The normalized spacial score (nSPS) is 8.83. The predicted molar refractivity (Wildman–Crippen MR) is 30.3 cm³/mol. The average Bonchev–Trinajstić information content (AvgIpc) is 1.86. The van der Waals surface area contributed by atoms with Gasteiger partial charge in [-0.2, -0.15) is 0 Å². The molecule has 1 rings (SSSR count). The number of rotatable bonds is 0. The van der Waals surface area contributed by atoms with E-state index < -0.39 is 0 Å². The van der Waals surface area contributed by atoms with E-state index >= 15 is 0 Å². The zero-order valence-electron chi connectivity index (χ0n) is 2.94. The highest BCUT2D eigenvalue weighted by molar-refractivity contribution is 14.1. The van der Waals surface area contributed by atoms with Gasteiger partial charge in [0.1, 0.15) is 6.26 Å². The molecule has 0 spiro atoms. The summed E-state index contributed by atoms with van der Waals surface area (Å²) in [4.78, 5) is 0. The zero-order chi connectivity index (χ0) is 4.41. The van der Waals surface area contributed by atoms with Crippen molar-refractivity contribution in [1.29, 1.82) is 0 Å². The van der Waals surface area contributed by atoms with E-state index in [9.17, 15) is 0 Å². The largest absolute Gasteiger partial charge is 0.460 e. The Bertz CT molecular complexity index is 111. The fourth-order valence-corrected chi connectivity index (χ4v) is 0.469. The van der Waals surface area contributed by atoms with Gasteiger partial charge >= 0.3 is 0 Å². The summed E-state index contributed by atoms with van der Waals surface area (Å²) in [7, 11) is 0. The van der Waals surface area contributed by atoms with E-state index in [2.05, 4.69) is 33.3 Å². The van der Waals surface area contributed by atoms with Crippen LogP contribution >= 0.6 is 22.6 Å². The molecule has 0 unspecified atom stereocenters. The SMILES string of the molecule is Ic1c[c]oc1. The first-order valence-corrected chi connectivity index (χ1v) is 2.57. The van der Waals surface area contributed by atoms with Gasteiger partial charge in [0.05, 0.1) is 3.57 Å². The lowest BCUT2D eigenvalue weighted by molar-refractivity contribution is 0.557. The molecule has 0 bridgehead atoms. The van der Waals surface area contributed by atoms with Crippen LogP contribution in [0.15, 0.2) is 16.7 Å². The number of hydrogen-bond acceptors (Lipinski definition) is 1. The van der Waals surface area contributed by atoms with E-state index in [1.165, 1.54) is 0 Å². The summed E-state index contributed by atoms with van der Waals surface area (Å²) in [5, 5.41) is 0. The molecule has 0 aliphatic carbocycles. The molecule has 0 fully saturated rings. The van der Waals surface area contributed by atoms with Gasteiger partial charge in [0.25, 0.3) is 0 Å². The van der Waals surface area contributed by atoms with E-state index in [0.717, 1.165) is 3.57 Å². The third-order valence-corrected chi connectivity index (χ3v) is 1.00. The van der Waals surface area contributed by atoms with E-state index in [4.69, 9.17) is 0 Å². The first kappa shape index (κ1) is 4.18. The highest BCUT2D eigenvalue weighted by Gasteiger charge is 1.79. The van der Waals surface area contributed by atoms with Crippen molar-refractivity contribution in [3.63, 3.8) is 0 Å². The molecule has 0 amide bonds. The zero-order valence-corrected chi connectivity index (χ0v) is 5.10. The first-order valence-electron chi connectivity index (χ1n) is 1.49. The van der Waals surface area contributed by atoms with Gasteiger partial charge in [-0.05, 0) is 22.6 Å². The smallest absolute Gasteiger partial charge is 0.170 e. The van der Waals surface area contributed by atoms with Crippen LogP contribution in [0.2, 0.25) is 0 Å². The Morgan fingerprint density at radius 1 is 1.83 bits per heavy atom. The molecule has 0 N–H and O–H groups in total. The second-order valence-corrected chi connectivity index (χ2v) is 2.13. The van der Waals surface area contributed by atoms with Crippen LogP contribution in [0.4, 0.5) is 0 Å². The van der Waals surface area contributed by atoms with Crippen LogP contribution < -0.4 is 0 Å². The summed E-state index contributed by atoms with van der Waals surface area (Å²) in [6.45, 7) is 0. The van der Waals surface area contributed by atoms with Crippen molar-refractivity contribution in [3.05, 3.63) is 22.2 Å². The molecule has 0 saturated carbocycles. The van der Waals surface area contributed by atoms with Gasteiger partial charge in [0, 0.05) is 6.07 Å². The minimum absolute atomic E-state index is 1.09. The molecule has 1 aromatic heterocycles. The molecule has 1 radical (unpaired) electrons. The highest BCUT2D eigenvalue weighted by atomic mass is 127. The second kappa shape index (κ2) is 1.64. The van der Waals surface area contributed by atoms with E-state index in [1.807, 2.05) is 0 Å². The Hall–Kier alpha value is 0.01000. The quantitative estimate of drug-likeness (QED) is 0.571. The van der Waals surface area contributed by atoms with Crippen LogP contribution in [0.1, 0.15) is 0 Å². The lowest BCUT2D eigenvalue weighted by Gasteiger charge is -1.60. The van der Waals surface area contributed by atoms with Crippen molar-refractivity contribution >= 4 is 22.6 Å². The van der Waals surface area contributed by atoms with Crippen molar-refractivity contribution in [2.45, 2.75) is 0 Å². The Morgan fingerprint density at radius 3 is 2.83 bits per heavy atom. The van der Waals surface area contributed by atoms with E-state index in [0.29, 0.717) is 0 Å². The van der Waals surface area contributed by atoms with E-state index in [-0.39, 0.29) is 0 Å². The Labute approximate surface area is 49.5 Å². The van der Waals surface area contributed by atoms with E-state index in [1.54, 1.807) is 12.3 Å². The monoisotopic (exact) mass is 193 g/mol. The third kappa shape index (κ3) is 0.739. The summed E-state index contributed by atoms with van der Waals surface area (Å²) in [5.41, 5.74) is 0. The van der Waals surface area contributed by atoms with Gasteiger partial charge in [-0.3, -0.25) is 0 Å². The Morgan fingerprint density at radius 2 is 2.67 bits per heavy atom. The fourth-order valence-electron chi connectivity index (χ4n) is 0.215. The maximum Gasteiger partial charge on any atom is 0.170 e. The van der Waals surface area contributed by atoms with Crippen LogP contribution in [0.5, 0.6) is 0 Å². The summed E-state index contributed by atoms with van der Waals surface area (Å²) < 4.78 is 5.67. The van der Waals surface area contributed by atoms with Crippen molar-refractivity contribution in [3.8, 4) is 0 Å². The third-order valence-electron chi connectivity index (χ3n) is 0.436. The predicted octanol–water partition coefficient (Wildman–Crippen LogP) is 1.68. The van der Waals surface area contributed by atoms with Crippen molar-refractivity contribution < 1.29 is 4.42 Å². The summed E-state index contributed by atoms with van der Waals surface area (Å²) in [5.74, 6) is 0. The van der Waals surface area contributed by atoms with Crippen LogP contribution in [0.25, 0.3) is 0 Å². The van der Waals surface area contributed by atoms with Crippen molar-refractivity contribution in [2.24, 2.45) is 0 Å². The maximum atomic E-state index is 4.58. The lowest BCUT2D eigenvalue weighted by atomic mass is 10.7. The molecule has 0 atom stereocenters. The lowest BCUT2D eigenvalue weighted by Crippen LogP contribution is -1.44. The molecule has 1 aromatic rings. The number of furan rings is 1. The van der Waals surface area contributed by atoms with Crippen LogP contribution in [0.3, 0.4) is 0 Å². The second-order valence-electron chi connectivity index (χ2n) is 0.883. The Kier molecular flexibility index (Phi) is 1.14. The molecular formula is C4H2IO. The van der Waals surface area contributed by atoms with Gasteiger partial charge in [0.2, 0.25) is 0 Å². The molecule has 0 aliphatic heterocycles. The molecule has 2 heteroatoms. The summed E-state index contributed by atoms with van der Waals surface area (Å²) in [6.07, 6.45) is 4.19. The minimum atomic E-state index is 1.09. The van der Waals surface area contributed by atoms with Crippen LogP contribution in [-0.4, -0.2) is 0 Å². The average molecular weight is 193 g/mol. The fraction of sp³-hybridized carbons (Fsp3) is 0. The first-order chi connectivity index (χ1) is 2.89. The van der Waals surface area contributed by atoms with Crippen molar-refractivity contribution in [1.82, 2.24) is 0 Å². The summed E-state index contributed by atoms with van der Waals surface area (Å²) in [6, 6.07) is 1.78. The van der Waals surface area contributed by atoms with Gasteiger partial charge < -0.3 is 4.42 Å².